The van der Waals surface area contributed by atoms with Crippen molar-refractivity contribution in [3.05, 3.63) is 281 Å². The van der Waals surface area contributed by atoms with E-state index < -0.39 is 5.41 Å². The Morgan fingerprint density at radius 2 is 0.753 bits per heavy atom. The molecule has 11 aromatic rings. The van der Waals surface area contributed by atoms with Crippen LogP contribution in [0.25, 0.3) is 77.9 Å². The molecule has 0 saturated heterocycles. The minimum atomic E-state index is -0.614. The van der Waals surface area contributed by atoms with E-state index in [9.17, 15) is 0 Å². The molecule has 1 heterocycles. The number of para-hydroxylation sites is 2. The smallest absolute Gasteiger partial charge is 0.135 e. The first-order chi connectivity index (χ1) is 36.0. The molecule has 0 radical (unpaired) electrons. The largest absolute Gasteiger partial charge is 0.456 e. The Balaban J connectivity index is 0.988. The standard InChI is InChI=1S/C71H47NO/c1-70(2)60-26-12-7-22-53(60)54-36-33-47(42-65(54)70)72(45-32-35-51-55-23-10-15-29-66(55)73-67-30-16-11-24-56(67)58(51)40-45)46-34-38-63-59(41-46)50-20-6-5-19-49(50)52-21-8-13-27-61(52)71(63)62-28-14-9-25-57(62)69-64(71)37-31-44-39-43-17-3-4-18-48(43)68(44)69/h3-38,40-42H,39H2,1-2H3. The van der Waals surface area contributed by atoms with E-state index in [1.807, 2.05) is 0 Å². The molecule has 73 heavy (non-hydrogen) atoms. The molecular formula is C71H47NO. The summed E-state index contributed by atoms with van der Waals surface area (Å²) < 4.78 is 6.72. The molecule has 1 aliphatic heterocycles. The summed E-state index contributed by atoms with van der Waals surface area (Å²) in [7, 11) is 0. The monoisotopic (exact) mass is 929 g/mol. The van der Waals surface area contributed by atoms with Gasteiger partial charge in [-0.05, 0) is 166 Å². The normalized spacial score (nSPS) is 15.8. The molecule has 16 rings (SSSR count). The van der Waals surface area contributed by atoms with Crippen LogP contribution in [0.5, 0.6) is 11.5 Å². The maximum atomic E-state index is 6.72. The highest BCUT2D eigenvalue weighted by Crippen LogP contribution is 2.65. The van der Waals surface area contributed by atoms with Crippen molar-refractivity contribution in [3.8, 4) is 89.4 Å². The van der Waals surface area contributed by atoms with E-state index >= 15 is 0 Å². The van der Waals surface area contributed by atoms with E-state index in [0.717, 1.165) is 57.2 Å². The zero-order valence-electron chi connectivity index (χ0n) is 40.6. The average Bonchev–Trinajstić information content (AvgIpc) is 4.06. The van der Waals surface area contributed by atoms with Crippen LogP contribution in [0.15, 0.2) is 237 Å². The van der Waals surface area contributed by atoms with Crippen LogP contribution in [-0.2, 0) is 17.3 Å². The molecule has 4 aliphatic carbocycles. The van der Waals surface area contributed by atoms with Crippen LogP contribution < -0.4 is 9.64 Å². The van der Waals surface area contributed by atoms with Crippen LogP contribution in [0.1, 0.15) is 58.4 Å². The molecule has 0 aromatic heterocycles. The lowest BCUT2D eigenvalue weighted by atomic mass is 9.65. The average molecular weight is 930 g/mol. The fourth-order valence-electron chi connectivity index (χ4n) is 14.0. The molecule has 1 spiro atoms. The van der Waals surface area contributed by atoms with Crippen LogP contribution in [0.4, 0.5) is 17.1 Å². The van der Waals surface area contributed by atoms with Gasteiger partial charge in [-0.2, -0.15) is 0 Å². The number of nitrogens with zero attached hydrogens (tertiary/aromatic N) is 1. The third-order valence-corrected chi connectivity index (χ3v) is 17.1. The van der Waals surface area contributed by atoms with Gasteiger partial charge in [0.25, 0.3) is 0 Å². The number of hydrogen-bond donors (Lipinski definition) is 0. The highest BCUT2D eigenvalue weighted by atomic mass is 16.5. The van der Waals surface area contributed by atoms with Gasteiger partial charge in [-0.15, -0.1) is 0 Å². The van der Waals surface area contributed by atoms with E-state index in [0.29, 0.717) is 0 Å². The lowest BCUT2D eigenvalue weighted by Crippen LogP contribution is -2.29. The van der Waals surface area contributed by atoms with Gasteiger partial charge >= 0.3 is 0 Å². The molecular weight excluding hydrogens is 883 g/mol. The number of fused-ring (bicyclic) bond motifs is 24. The van der Waals surface area contributed by atoms with Crippen molar-refractivity contribution in [2.75, 3.05) is 4.90 Å². The molecule has 2 heteroatoms. The summed E-state index contributed by atoms with van der Waals surface area (Å²) in [6.45, 7) is 4.76. The van der Waals surface area contributed by atoms with E-state index in [1.165, 1.54) is 100 Å². The Kier molecular flexibility index (Phi) is 8.25. The van der Waals surface area contributed by atoms with Crippen molar-refractivity contribution in [2.24, 2.45) is 0 Å². The van der Waals surface area contributed by atoms with Gasteiger partial charge in [0.2, 0.25) is 0 Å². The lowest BCUT2D eigenvalue weighted by molar-refractivity contribution is 0.488. The van der Waals surface area contributed by atoms with Gasteiger partial charge in [-0.25, -0.2) is 0 Å². The number of hydrogen-bond acceptors (Lipinski definition) is 2. The van der Waals surface area contributed by atoms with Crippen LogP contribution in [0.3, 0.4) is 0 Å². The Morgan fingerprint density at radius 1 is 0.301 bits per heavy atom. The molecule has 1 unspecified atom stereocenters. The third-order valence-electron chi connectivity index (χ3n) is 17.1. The van der Waals surface area contributed by atoms with Gasteiger partial charge in [-0.1, -0.05) is 202 Å². The summed E-state index contributed by atoms with van der Waals surface area (Å²) >= 11 is 0. The van der Waals surface area contributed by atoms with E-state index in [-0.39, 0.29) is 5.41 Å². The highest BCUT2D eigenvalue weighted by molar-refractivity contribution is 6.04. The van der Waals surface area contributed by atoms with Crippen molar-refractivity contribution in [1.29, 1.82) is 0 Å². The minimum absolute atomic E-state index is 0.184. The van der Waals surface area contributed by atoms with Crippen LogP contribution in [0.2, 0.25) is 0 Å². The second-order valence-corrected chi connectivity index (χ2v) is 21.0. The molecule has 5 aliphatic rings. The zero-order chi connectivity index (χ0) is 48.2. The lowest BCUT2D eigenvalue weighted by Gasteiger charge is -2.36. The van der Waals surface area contributed by atoms with Gasteiger partial charge in [-0.3, -0.25) is 0 Å². The topological polar surface area (TPSA) is 12.5 Å². The maximum Gasteiger partial charge on any atom is 0.135 e. The van der Waals surface area contributed by atoms with Gasteiger partial charge < -0.3 is 9.64 Å². The van der Waals surface area contributed by atoms with Gasteiger partial charge in [0.05, 0.1) is 5.41 Å². The first-order valence-electron chi connectivity index (χ1n) is 25.7. The Hall–Kier alpha value is -8.98. The fourth-order valence-corrected chi connectivity index (χ4v) is 14.0. The second kappa shape index (κ2) is 14.8. The minimum Gasteiger partial charge on any atom is -0.456 e. The summed E-state index contributed by atoms with van der Waals surface area (Å²) in [6.07, 6.45) is 0.950. The van der Waals surface area contributed by atoms with Crippen LogP contribution in [0, 0.1) is 0 Å². The van der Waals surface area contributed by atoms with Crippen molar-refractivity contribution in [3.63, 3.8) is 0 Å². The van der Waals surface area contributed by atoms with Crippen molar-refractivity contribution in [1.82, 2.24) is 0 Å². The predicted octanol–water partition coefficient (Wildman–Crippen LogP) is 18.5. The fraction of sp³-hybridized carbons (Fsp3) is 0.0704. The van der Waals surface area contributed by atoms with Crippen molar-refractivity contribution in [2.45, 2.75) is 31.1 Å². The summed E-state index contributed by atoms with van der Waals surface area (Å²) in [5.41, 5.74) is 30.8. The molecule has 1 atom stereocenters. The van der Waals surface area contributed by atoms with Gasteiger partial charge in [0.15, 0.2) is 0 Å². The first kappa shape index (κ1) is 40.7. The molecule has 11 aromatic carbocycles. The Bertz CT molecular complexity index is 4210. The summed E-state index contributed by atoms with van der Waals surface area (Å²) in [4.78, 5) is 2.51. The first-order valence-corrected chi connectivity index (χ1v) is 25.7. The van der Waals surface area contributed by atoms with Gasteiger partial charge in [0, 0.05) is 33.6 Å². The molecule has 0 saturated carbocycles. The molecule has 0 amide bonds. The van der Waals surface area contributed by atoms with Crippen LogP contribution in [-0.4, -0.2) is 0 Å². The summed E-state index contributed by atoms with van der Waals surface area (Å²) in [6, 6.07) is 89.1. The van der Waals surface area contributed by atoms with Crippen molar-refractivity contribution >= 4 is 17.1 Å². The number of ether oxygens (including phenoxy) is 1. The summed E-state index contributed by atoms with van der Waals surface area (Å²) in [5, 5.41) is 0. The number of benzene rings is 11. The quantitative estimate of drug-likeness (QED) is 0.175. The van der Waals surface area contributed by atoms with Crippen LogP contribution >= 0.6 is 0 Å². The Labute approximate surface area is 426 Å². The zero-order valence-corrected chi connectivity index (χ0v) is 40.6. The van der Waals surface area contributed by atoms with Crippen molar-refractivity contribution < 1.29 is 4.74 Å². The number of rotatable bonds is 3. The SMILES string of the molecule is CC1(C)c2ccccc2-c2ccc(N(c3ccc4c(c3)-c3ccccc3Oc3ccccc3-4)c3ccc4c(c3)-c3ccccc3-c3ccccc3C43c4ccccc4-c4c3ccc3c4-c4ccccc4C3)cc21. The third kappa shape index (κ3) is 5.42. The predicted molar refractivity (Wildman–Crippen MR) is 300 cm³/mol. The van der Waals surface area contributed by atoms with E-state index in [4.69, 9.17) is 4.74 Å². The molecule has 342 valence electrons. The van der Waals surface area contributed by atoms with E-state index in [2.05, 4.69) is 255 Å². The maximum absolute atomic E-state index is 6.72. The Morgan fingerprint density at radius 3 is 1.48 bits per heavy atom. The second-order valence-electron chi connectivity index (χ2n) is 21.0. The van der Waals surface area contributed by atoms with Gasteiger partial charge in [0.1, 0.15) is 11.5 Å². The highest BCUT2D eigenvalue weighted by Gasteiger charge is 2.51. The molecule has 2 nitrogen and oxygen atoms in total. The van der Waals surface area contributed by atoms with E-state index in [1.54, 1.807) is 0 Å². The number of anilines is 3. The molecule has 0 bridgehead atoms. The molecule has 0 fully saturated rings. The molecule has 0 N–H and O–H groups in total. The summed E-state index contributed by atoms with van der Waals surface area (Å²) in [5.74, 6) is 1.72.